The summed E-state index contributed by atoms with van der Waals surface area (Å²) >= 11 is 4.01. The van der Waals surface area contributed by atoms with Crippen LogP contribution < -0.4 is 5.32 Å². The number of nitrogens with one attached hydrogen (secondary N) is 1. The minimum Gasteiger partial charge on any atom is -0.293 e. The molecule has 1 aromatic rings. The number of rotatable bonds is 4. The zero-order valence-electron chi connectivity index (χ0n) is 9.80. The van der Waals surface area contributed by atoms with Gasteiger partial charge in [0.1, 0.15) is 6.33 Å². The molecule has 0 atom stereocenters. The SMILES string of the molecule is O=C(CCS)Nc1ncn(C2CCCCC2)n1. The van der Waals surface area contributed by atoms with E-state index in [0.717, 1.165) is 12.8 Å². The standard InChI is InChI=1S/C11H18N4OS/c16-10(6-7-17)13-11-12-8-15(14-11)9-4-2-1-3-5-9/h8-9,17H,1-7H2,(H,13,14,16). The monoisotopic (exact) mass is 254 g/mol. The van der Waals surface area contributed by atoms with Gasteiger partial charge in [0, 0.05) is 6.42 Å². The van der Waals surface area contributed by atoms with Crippen LogP contribution in [0.1, 0.15) is 44.6 Å². The first-order valence-electron chi connectivity index (χ1n) is 6.11. The minimum atomic E-state index is -0.0820. The highest BCUT2D eigenvalue weighted by atomic mass is 32.1. The normalized spacial score (nSPS) is 17.0. The van der Waals surface area contributed by atoms with E-state index >= 15 is 0 Å². The Morgan fingerprint density at radius 2 is 2.24 bits per heavy atom. The number of carbonyl (C=O) groups is 1. The van der Waals surface area contributed by atoms with E-state index in [2.05, 4.69) is 28.0 Å². The molecule has 0 aliphatic heterocycles. The lowest BCUT2D eigenvalue weighted by atomic mass is 9.96. The number of thiol groups is 1. The lowest BCUT2D eigenvalue weighted by Crippen LogP contribution is -2.15. The van der Waals surface area contributed by atoms with Crippen LogP contribution in [0.3, 0.4) is 0 Å². The third kappa shape index (κ3) is 3.46. The van der Waals surface area contributed by atoms with Crippen molar-refractivity contribution in [3.63, 3.8) is 0 Å². The highest BCUT2D eigenvalue weighted by molar-refractivity contribution is 7.80. The van der Waals surface area contributed by atoms with E-state index in [0.29, 0.717) is 24.2 Å². The molecule has 1 aromatic heterocycles. The first-order chi connectivity index (χ1) is 8.29. The number of carbonyl (C=O) groups excluding carboxylic acids is 1. The summed E-state index contributed by atoms with van der Waals surface area (Å²) in [6, 6.07) is 0.451. The fourth-order valence-electron chi connectivity index (χ4n) is 2.14. The van der Waals surface area contributed by atoms with Gasteiger partial charge < -0.3 is 0 Å². The Labute approximate surface area is 106 Å². The number of nitrogens with zero attached hydrogens (tertiary/aromatic N) is 3. The van der Waals surface area contributed by atoms with Crippen LogP contribution in [-0.2, 0) is 4.79 Å². The molecule has 1 heterocycles. The van der Waals surface area contributed by atoms with E-state index in [-0.39, 0.29) is 5.91 Å². The summed E-state index contributed by atoms with van der Waals surface area (Å²) in [5.74, 6) is 0.860. The molecular weight excluding hydrogens is 236 g/mol. The average molecular weight is 254 g/mol. The first kappa shape index (κ1) is 12.4. The fraction of sp³-hybridized carbons (Fsp3) is 0.727. The molecule has 1 saturated carbocycles. The number of aromatic nitrogens is 3. The van der Waals surface area contributed by atoms with Gasteiger partial charge in [-0.3, -0.25) is 10.1 Å². The van der Waals surface area contributed by atoms with Gasteiger partial charge in [0.2, 0.25) is 11.9 Å². The molecule has 0 aromatic carbocycles. The smallest absolute Gasteiger partial charge is 0.248 e. The van der Waals surface area contributed by atoms with E-state index in [1.807, 2.05) is 4.68 Å². The molecule has 2 rings (SSSR count). The molecule has 1 aliphatic carbocycles. The van der Waals surface area contributed by atoms with Gasteiger partial charge in [0.25, 0.3) is 0 Å². The number of hydrogen-bond acceptors (Lipinski definition) is 4. The van der Waals surface area contributed by atoms with Crippen molar-refractivity contribution in [2.75, 3.05) is 11.1 Å². The van der Waals surface area contributed by atoms with Crippen molar-refractivity contribution >= 4 is 24.5 Å². The molecule has 5 nitrogen and oxygen atoms in total. The number of anilines is 1. The molecule has 0 unspecified atom stereocenters. The maximum absolute atomic E-state index is 11.3. The van der Waals surface area contributed by atoms with Crippen LogP contribution in [-0.4, -0.2) is 26.4 Å². The molecular formula is C11H18N4OS. The zero-order chi connectivity index (χ0) is 12.1. The van der Waals surface area contributed by atoms with E-state index in [1.165, 1.54) is 19.3 Å². The molecule has 0 bridgehead atoms. The summed E-state index contributed by atoms with van der Waals surface area (Å²) < 4.78 is 1.88. The molecule has 1 fully saturated rings. The van der Waals surface area contributed by atoms with Crippen molar-refractivity contribution in [3.05, 3.63) is 6.33 Å². The van der Waals surface area contributed by atoms with E-state index in [9.17, 15) is 4.79 Å². The van der Waals surface area contributed by atoms with E-state index in [1.54, 1.807) is 6.33 Å². The molecule has 0 spiro atoms. The second kappa shape index (κ2) is 6.05. The van der Waals surface area contributed by atoms with Gasteiger partial charge in [-0.15, -0.1) is 5.10 Å². The van der Waals surface area contributed by atoms with Gasteiger partial charge in [0.15, 0.2) is 0 Å². The summed E-state index contributed by atoms with van der Waals surface area (Å²) in [4.78, 5) is 15.5. The van der Waals surface area contributed by atoms with Crippen LogP contribution in [0.2, 0.25) is 0 Å². The minimum absolute atomic E-state index is 0.0820. The number of hydrogen-bond donors (Lipinski definition) is 2. The summed E-state index contributed by atoms with van der Waals surface area (Å²) in [5.41, 5.74) is 0. The predicted molar refractivity (Wildman–Crippen MR) is 69.2 cm³/mol. The Bertz CT molecular complexity index is 373. The van der Waals surface area contributed by atoms with Crippen molar-refractivity contribution < 1.29 is 4.79 Å². The Morgan fingerprint density at radius 1 is 1.47 bits per heavy atom. The first-order valence-corrected chi connectivity index (χ1v) is 6.74. The van der Waals surface area contributed by atoms with E-state index in [4.69, 9.17) is 0 Å². The molecule has 6 heteroatoms. The van der Waals surface area contributed by atoms with E-state index < -0.39 is 0 Å². The third-order valence-corrected chi connectivity index (χ3v) is 3.27. The highest BCUT2D eigenvalue weighted by Gasteiger charge is 2.17. The molecule has 17 heavy (non-hydrogen) atoms. The average Bonchev–Trinajstić information content (AvgIpc) is 2.79. The second-order valence-electron chi connectivity index (χ2n) is 4.36. The Balaban J connectivity index is 1.93. The van der Waals surface area contributed by atoms with Crippen molar-refractivity contribution in [1.29, 1.82) is 0 Å². The zero-order valence-corrected chi connectivity index (χ0v) is 10.7. The Hall–Kier alpha value is -1.04. The topological polar surface area (TPSA) is 59.8 Å². The largest absolute Gasteiger partial charge is 0.293 e. The Kier molecular flexibility index (Phi) is 4.42. The van der Waals surface area contributed by atoms with Crippen LogP contribution >= 0.6 is 12.6 Å². The van der Waals surface area contributed by atoms with Crippen molar-refractivity contribution in [1.82, 2.24) is 14.8 Å². The highest BCUT2D eigenvalue weighted by Crippen LogP contribution is 2.27. The van der Waals surface area contributed by atoms with Crippen LogP contribution in [0, 0.1) is 0 Å². The fourth-order valence-corrected chi connectivity index (χ4v) is 2.35. The van der Waals surface area contributed by atoms with Gasteiger partial charge in [-0.1, -0.05) is 19.3 Å². The van der Waals surface area contributed by atoms with Crippen molar-refractivity contribution in [3.8, 4) is 0 Å². The summed E-state index contributed by atoms with van der Waals surface area (Å²) in [6.07, 6.45) is 8.25. The lowest BCUT2D eigenvalue weighted by Gasteiger charge is -2.21. The van der Waals surface area contributed by atoms with Gasteiger partial charge >= 0.3 is 0 Å². The van der Waals surface area contributed by atoms with Crippen molar-refractivity contribution in [2.24, 2.45) is 0 Å². The van der Waals surface area contributed by atoms with Crippen LogP contribution in [0.4, 0.5) is 5.95 Å². The second-order valence-corrected chi connectivity index (χ2v) is 4.81. The third-order valence-electron chi connectivity index (χ3n) is 3.05. The molecule has 0 saturated heterocycles. The maximum Gasteiger partial charge on any atom is 0.248 e. The van der Waals surface area contributed by atoms with Crippen LogP contribution in [0.15, 0.2) is 6.33 Å². The molecule has 94 valence electrons. The summed E-state index contributed by atoms with van der Waals surface area (Å²) in [6.45, 7) is 0. The molecule has 0 radical (unpaired) electrons. The molecule has 1 amide bonds. The van der Waals surface area contributed by atoms with Crippen LogP contribution in [0.5, 0.6) is 0 Å². The quantitative estimate of drug-likeness (QED) is 0.808. The molecule has 1 aliphatic rings. The summed E-state index contributed by atoms with van der Waals surface area (Å²) in [5, 5.41) is 6.98. The number of amides is 1. The maximum atomic E-state index is 11.3. The lowest BCUT2D eigenvalue weighted by molar-refractivity contribution is -0.115. The van der Waals surface area contributed by atoms with Gasteiger partial charge in [-0.05, 0) is 18.6 Å². The van der Waals surface area contributed by atoms with Gasteiger partial charge in [-0.25, -0.2) is 9.67 Å². The van der Waals surface area contributed by atoms with Gasteiger partial charge in [0.05, 0.1) is 6.04 Å². The molecule has 1 N–H and O–H groups in total. The summed E-state index contributed by atoms with van der Waals surface area (Å²) in [7, 11) is 0. The van der Waals surface area contributed by atoms with Crippen LogP contribution in [0.25, 0.3) is 0 Å². The predicted octanol–water partition coefficient (Wildman–Crippen LogP) is 2.04. The Morgan fingerprint density at radius 3 is 2.94 bits per heavy atom. The van der Waals surface area contributed by atoms with Gasteiger partial charge in [-0.2, -0.15) is 12.6 Å². The van der Waals surface area contributed by atoms with Crippen molar-refractivity contribution in [2.45, 2.75) is 44.6 Å².